The summed E-state index contributed by atoms with van der Waals surface area (Å²) in [5.74, 6) is 0.132. The van der Waals surface area contributed by atoms with E-state index in [0.29, 0.717) is 67.7 Å². The van der Waals surface area contributed by atoms with E-state index in [4.69, 9.17) is 14.2 Å². The van der Waals surface area contributed by atoms with Gasteiger partial charge in [0.25, 0.3) is 11.7 Å². The van der Waals surface area contributed by atoms with Gasteiger partial charge in [0, 0.05) is 31.0 Å². The van der Waals surface area contributed by atoms with E-state index >= 15 is 0 Å². The number of nitrogens with zero attached hydrogens (tertiary/aromatic N) is 3. The smallest absolute Gasteiger partial charge is 0.295 e. The first-order valence-electron chi connectivity index (χ1n) is 11.9. The maximum Gasteiger partial charge on any atom is 0.295 e. The number of likely N-dealkylation sites (tertiary alicyclic amines) is 1. The second-order valence-electron chi connectivity index (χ2n) is 8.51. The van der Waals surface area contributed by atoms with E-state index in [9.17, 15) is 14.7 Å². The van der Waals surface area contributed by atoms with E-state index in [1.807, 2.05) is 29.8 Å². The maximum atomic E-state index is 13.3. The number of aliphatic hydroxyl groups excluding tert-OH is 1. The minimum Gasteiger partial charge on any atom is -0.507 e. The first-order chi connectivity index (χ1) is 17.6. The van der Waals surface area contributed by atoms with Crippen LogP contribution in [0.3, 0.4) is 0 Å². The van der Waals surface area contributed by atoms with Crippen LogP contribution in [0.25, 0.3) is 5.76 Å². The Hall–Kier alpha value is -4.27. The molecule has 0 saturated carbocycles. The average molecular weight is 490 g/mol. The molecule has 3 heterocycles. The van der Waals surface area contributed by atoms with Crippen LogP contribution >= 0.6 is 0 Å². The third-order valence-corrected chi connectivity index (χ3v) is 6.24. The van der Waals surface area contributed by atoms with Gasteiger partial charge in [-0.05, 0) is 49.2 Å². The number of rotatable bonds is 8. The summed E-state index contributed by atoms with van der Waals surface area (Å²) in [7, 11) is 0. The fourth-order valence-electron chi connectivity index (χ4n) is 4.56. The fourth-order valence-corrected chi connectivity index (χ4v) is 4.56. The molecule has 2 aromatic carbocycles. The molecular weight excluding hydrogens is 462 g/mol. The molecule has 186 valence electrons. The van der Waals surface area contributed by atoms with Crippen LogP contribution in [0.15, 0.2) is 66.8 Å². The molecule has 1 aromatic heterocycles. The third kappa shape index (κ3) is 4.51. The van der Waals surface area contributed by atoms with Crippen LogP contribution < -0.4 is 14.2 Å². The maximum absolute atomic E-state index is 13.3. The Labute approximate surface area is 208 Å². The Bertz CT molecular complexity index is 1280. The van der Waals surface area contributed by atoms with Gasteiger partial charge in [-0.15, -0.1) is 0 Å². The van der Waals surface area contributed by atoms with Crippen LogP contribution in [-0.4, -0.2) is 57.6 Å². The van der Waals surface area contributed by atoms with Gasteiger partial charge in [0.05, 0.1) is 24.5 Å². The van der Waals surface area contributed by atoms with Gasteiger partial charge < -0.3 is 28.8 Å². The van der Waals surface area contributed by atoms with E-state index in [2.05, 4.69) is 4.98 Å². The van der Waals surface area contributed by atoms with E-state index < -0.39 is 17.7 Å². The van der Waals surface area contributed by atoms with Crippen molar-refractivity contribution >= 4 is 17.4 Å². The van der Waals surface area contributed by atoms with Gasteiger partial charge in [0.15, 0.2) is 11.5 Å². The highest BCUT2D eigenvalue weighted by Crippen LogP contribution is 2.41. The number of carbonyl (C=O) groups excluding carboxylic acids is 2. The molecule has 2 aliphatic rings. The first kappa shape index (κ1) is 23.5. The monoisotopic (exact) mass is 489 g/mol. The molecule has 3 aromatic rings. The fraction of sp³-hybridized carbons (Fsp3) is 0.296. The quantitative estimate of drug-likeness (QED) is 0.293. The number of hydrogen-bond donors (Lipinski definition) is 1. The Morgan fingerprint density at radius 1 is 1.08 bits per heavy atom. The molecule has 0 aliphatic carbocycles. The summed E-state index contributed by atoms with van der Waals surface area (Å²) >= 11 is 0. The number of aryl methyl sites for hydroxylation is 1. The SMILES string of the molecule is CCOc1ccc(C2C(=C(O)c3ccc4c(c3)OCCO4)C(=O)C(=O)N2CCCn2ccnc2)cc1. The van der Waals surface area contributed by atoms with Crippen molar-refractivity contribution in [2.24, 2.45) is 0 Å². The highest BCUT2D eigenvalue weighted by atomic mass is 16.6. The molecule has 1 fully saturated rings. The van der Waals surface area contributed by atoms with E-state index in [1.54, 1.807) is 42.9 Å². The number of fused-ring (bicyclic) bond motifs is 1. The van der Waals surface area contributed by atoms with Crippen molar-refractivity contribution in [2.45, 2.75) is 25.9 Å². The van der Waals surface area contributed by atoms with Crippen LogP contribution in [0.1, 0.15) is 30.5 Å². The number of benzene rings is 2. The summed E-state index contributed by atoms with van der Waals surface area (Å²) in [5, 5.41) is 11.3. The predicted octanol–water partition coefficient (Wildman–Crippen LogP) is 3.57. The lowest BCUT2D eigenvalue weighted by atomic mass is 9.95. The van der Waals surface area contributed by atoms with Gasteiger partial charge >= 0.3 is 0 Å². The van der Waals surface area contributed by atoms with Gasteiger partial charge in [0.2, 0.25) is 0 Å². The number of amides is 1. The van der Waals surface area contributed by atoms with Crippen molar-refractivity contribution in [3.8, 4) is 17.2 Å². The number of aliphatic hydroxyl groups is 1. The first-order valence-corrected chi connectivity index (χ1v) is 11.9. The van der Waals surface area contributed by atoms with Crippen LogP contribution in [0.2, 0.25) is 0 Å². The summed E-state index contributed by atoms with van der Waals surface area (Å²) < 4.78 is 18.7. The molecule has 0 bridgehead atoms. The number of carbonyl (C=O) groups is 2. The van der Waals surface area contributed by atoms with Crippen molar-refractivity contribution < 1.29 is 28.9 Å². The predicted molar refractivity (Wildman–Crippen MR) is 131 cm³/mol. The molecule has 1 unspecified atom stereocenters. The molecule has 0 spiro atoms. The van der Waals surface area contributed by atoms with Crippen LogP contribution in [0, 0.1) is 0 Å². The minimum absolute atomic E-state index is 0.0449. The Morgan fingerprint density at radius 2 is 1.86 bits per heavy atom. The molecule has 9 heteroatoms. The van der Waals surface area contributed by atoms with E-state index in [0.717, 1.165) is 0 Å². The summed E-state index contributed by atoms with van der Waals surface area (Å²) in [6.07, 6.45) is 5.86. The zero-order valence-corrected chi connectivity index (χ0v) is 19.9. The molecule has 9 nitrogen and oxygen atoms in total. The zero-order valence-electron chi connectivity index (χ0n) is 19.9. The second kappa shape index (κ2) is 10.2. The third-order valence-electron chi connectivity index (χ3n) is 6.24. The summed E-state index contributed by atoms with van der Waals surface area (Å²) in [6.45, 7) is 4.23. The summed E-state index contributed by atoms with van der Waals surface area (Å²) in [5.41, 5.74) is 1.13. The molecular formula is C27H27N3O6. The van der Waals surface area contributed by atoms with Crippen molar-refractivity contribution in [3.63, 3.8) is 0 Å². The standard InChI is InChI=1S/C27H27N3O6/c1-2-34-20-7-4-18(5-8-20)24-23(25(31)19-6-9-21-22(16-19)36-15-14-35-21)26(32)27(33)30(24)12-3-11-29-13-10-28-17-29/h4-10,13,16-17,24,31H,2-3,11-12,14-15H2,1H3. The average Bonchev–Trinajstić information content (AvgIpc) is 3.51. The Kier molecular flexibility index (Phi) is 6.62. The topological polar surface area (TPSA) is 103 Å². The Balaban J connectivity index is 1.52. The van der Waals surface area contributed by atoms with Crippen molar-refractivity contribution in [1.29, 1.82) is 0 Å². The molecule has 2 aliphatic heterocycles. The van der Waals surface area contributed by atoms with Gasteiger partial charge in [-0.2, -0.15) is 0 Å². The number of ketones is 1. The highest BCUT2D eigenvalue weighted by Gasteiger charge is 2.45. The lowest BCUT2D eigenvalue weighted by Crippen LogP contribution is -2.31. The van der Waals surface area contributed by atoms with E-state index in [-0.39, 0.29) is 11.3 Å². The van der Waals surface area contributed by atoms with Crippen LogP contribution in [0.5, 0.6) is 17.2 Å². The zero-order chi connectivity index (χ0) is 25.1. The summed E-state index contributed by atoms with van der Waals surface area (Å²) in [4.78, 5) is 32.0. The highest BCUT2D eigenvalue weighted by molar-refractivity contribution is 6.46. The molecule has 1 saturated heterocycles. The van der Waals surface area contributed by atoms with Gasteiger partial charge in [-0.25, -0.2) is 4.98 Å². The Morgan fingerprint density at radius 3 is 2.58 bits per heavy atom. The largest absolute Gasteiger partial charge is 0.507 e. The number of aromatic nitrogens is 2. The minimum atomic E-state index is -0.739. The van der Waals surface area contributed by atoms with Gasteiger partial charge in [-0.1, -0.05) is 12.1 Å². The van der Waals surface area contributed by atoms with Crippen LogP contribution in [0.4, 0.5) is 0 Å². The number of Topliss-reactive ketones (excluding diaryl/α,β-unsaturated/α-hetero) is 1. The molecule has 36 heavy (non-hydrogen) atoms. The lowest BCUT2D eigenvalue weighted by molar-refractivity contribution is -0.139. The molecule has 1 atom stereocenters. The molecule has 1 amide bonds. The molecule has 1 N–H and O–H groups in total. The van der Waals surface area contributed by atoms with Crippen molar-refractivity contribution in [2.75, 3.05) is 26.4 Å². The normalized spacial score (nSPS) is 18.5. The number of imidazole rings is 1. The number of ether oxygens (including phenoxy) is 3. The van der Waals surface area contributed by atoms with E-state index in [1.165, 1.54) is 4.90 Å². The second-order valence-corrected chi connectivity index (χ2v) is 8.51. The summed E-state index contributed by atoms with van der Waals surface area (Å²) in [6, 6.07) is 11.5. The van der Waals surface area contributed by atoms with Gasteiger partial charge in [-0.3, -0.25) is 9.59 Å². The van der Waals surface area contributed by atoms with Gasteiger partial charge in [0.1, 0.15) is 24.7 Å². The lowest BCUT2D eigenvalue weighted by Gasteiger charge is -2.26. The number of hydrogen-bond acceptors (Lipinski definition) is 7. The molecule has 0 radical (unpaired) electrons. The molecule has 5 rings (SSSR count). The van der Waals surface area contributed by atoms with Crippen molar-refractivity contribution in [3.05, 3.63) is 77.9 Å². The van der Waals surface area contributed by atoms with Crippen molar-refractivity contribution in [1.82, 2.24) is 14.5 Å². The van der Waals surface area contributed by atoms with Crippen LogP contribution in [-0.2, 0) is 16.1 Å².